The molecule has 0 aliphatic heterocycles. The Hall–Kier alpha value is -1.35. The zero-order valence-electron chi connectivity index (χ0n) is 16.4. The van der Waals surface area contributed by atoms with Crippen LogP contribution in [0.15, 0.2) is 29.3 Å². The van der Waals surface area contributed by atoms with E-state index in [1.165, 1.54) is 7.11 Å². The molecule has 0 spiro atoms. The fourth-order valence-electron chi connectivity index (χ4n) is 2.44. The van der Waals surface area contributed by atoms with Crippen molar-refractivity contribution < 1.29 is 14.3 Å². The fraction of sp³-hybridized carbons (Fsp3) is 0.579. The molecule has 1 aromatic rings. The number of halogens is 1. The molecule has 1 rings (SSSR count). The summed E-state index contributed by atoms with van der Waals surface area (Å²) in [5.74, 6) is 0.909. The molecule has 0 amide bonds. The van der Waals surface area contributed by atoms with E-state index in [0.717, 1.165) is 31.1 Å². The summed E-state index contributed by atoms with van der Waals surface area (Å²) in [7, 11) is 3.13. The predicted molar refractivity (Wildman–Crippen MR) is 116 cm³/mol. The highest BCUT2D eigenvalue weighted by Gasteiger charge is 2.13. The van der Waals surface area contributed by atoms with Crippen LogP contribution in [0.5, 0.6) is 0 Å². The number of nitrogens with zero attached hydrogens (tertiary/aromatic N) is 1. The molecule has 0 aliphatic carbocycles. The van der Waals surface area contributed by atoms with Crippen molar-refractivity contribution in [2.75, 3.05) is 27.3 Å². The van der Waals surface area contributed by atoms with Gasteiger partial charge in [-0.05, 0) is 37.0 Å². The zero-order chi connectivity index (χ0) is 18.7. The Morgan fingerprint density at radius 1 is 1.19 bits per heavy atom. The van der Waals surface area contributed by atoms with Crippen molar-refractivity contribution in [1.82, 2.24) is 10.6 Å². The molecule has 2 N–H and O–H groups in total. The quantitative estimate of drug-likeness (QED) is 0.248. The van der Waals surface area contributed by atoms with Crippen molar-refractivity contribution in [3.63, 3.8) is 0 Å². The molecule has 1 unspecified atom stereocenters. The first-order valence-electron chi connectivity index (χ1n) is 8.75. The first-order valence-corrected chi connectivity index (χ1v) is 8.75. The number of esters is 1. The van der Waals surface area contributed by atoms with Crippen molar-refractivity contribution in [3.05, 3.63) is 35.4 Å². The highest BCUT2D eigenvalue weighted by molar-refractivity contribution is 14.0. The Morgan fingerprint density at radius 2 is 1.85 bits per heavy atom. The van der Waals surface area contributed by atoms with Crippen LogP contribution >= 0.6 is 24.0 Å². The number of carbonyl (C=O) groups excluding carboxylic acids is 1. The van der Waals surface area contributed by atoms with Crippen molar-refractivity contribution in [2.24, 2.45) is 10.9 Å². The number of hydrogen-bond acceptors (Lipinski definition) is 4. The molecule has 0 aromatic heterocycles. The van der Waals surface area contributed by atoms with Crippen LogP contribution < -0.4 is 10.6 Å². The molecule has 0 heterocycles. The van der Waals surface area contributed by atoms with Crippen LogP contribution in [0.1, 0.15) is 43.1 Å². The molecule has 0 bridgehead atoms. The van der Waals surface area contributed by atoms with Gasteiger partial charge in [0.15, 0.2) is 5.96 Å². The highest BCUT2D eigenvalue weighted by atomic mass is 127. The van der Waals surface area contributed by atoms with E-state index < -0.39 is 0 Å². The summed E-state index contributed by atoms with van der Waals surface area (Å²) in [5, 5.41) is 6.57. The molecule has 1 atom stereocenters. The number of guanidine groups is 1. The van der Waals surface area contributed by atoms with Gasteiger partial charge >= 0.3 is 5.97 Å². The minimum Gasteiger partial charge on any atom is -0.465 e. The molecule has 7 heteroatoms. The molecular weight excluding hydrogens is 445 g/mol. The van der Waals surface area contributed by atoms with E-state index in [1.807, 2.05) is 19.1 Å². The lowest BCUT2D eigenvalue weighted by atomic mass is 10.0. The maximum atomic E-state index is 11.4. The average Bonchev–Trinajstić information content (AvgIpc) is 2.63. The standard InChI is InChI=1S/C19H31N3O3.HI/c1-6-25-17(14(2)3)11-12-21-19(20-4)22-13-15-7-9-16(10-8-15)18(23)24-5;/h7-10,14,17H,6,11-13H2,1-5H3,(H2,20,21,22);1H. The van der Waals surface area contributed by atoms with Crippen molar-refractivity contribution in [2.45, 2.75) is 39.8 Å². The number of rotatable bonds is 9. The Balaban J connectivity index is 0.00000625. The molecule has 148 valence electrons. The first kappa shape index (κ1) is 24.7. The Bertz CT molecular complexity index is 547. The summed E-state index contributed by atoms with van der Waals surface area (Å²) < 4.78 is 10.4. The van der Waals surface area contributed by atoms with Crippen LogP contribution in [0.25, 0.3) is 0 Å². The number of carbonyl (C=O) groups is 1. The molecule has 0 radical (unpaired) electrons. The maximum absolute atomic E-state index is 11.4. The van der Waals surface area contributed by atoms with Gasteiger partial charge in [-0.1, -0.05) is 26.0 Å². The summed E-state index contributed by atoms with van der Waals surface area (Å²) in [6.07, 6.45) is 1.18. The molecule has 1 aromatic carbocycles. The monoisotopic (exact) mass is 477 g/mol. The Morgan fingerprint density at radius 3 is 2.35 bits per heavy atom. The van der Waals surface area contributed by atoms with Gasteiger partial charge in [-0.25, -0.2) is 4.79 Å². The molecule has 0 fully saturated rings. The normalized spacial score (nSPS) is 12.3. The summed E-state index contributed by atoms with van der Waals surface area (Å²) in [5.41, 5.74) is 1.61. The van der Waals surface area contributed by atoms with Crippen molar-refractivity contribution >= 4 is 35.9 Å². The number of hydrogen-bond donors (Lipinski definition) is 2. The fourth-order valence-corrected chi connectivity index (χ4v) is 2.44. The number of ether oxygens (including phenoxy) is 2. The molecule has 0 saturated heterocycles. The van der Waals surface area contributed by atoms with E-state index in [2.05, 4.69) is 29.5 Å². The number of benzene rings is 1. The van der Waals surface area contributed by atoms with Crippen LogP contribution in [0.3, 0.4) is 0 Å². The van der Waals surface area contributed by atoms with E-state index >= 15 is 0 Å². The second kappa shape index (κ2) is 13.8. The number of methoxy groups -OCH3 is 1. The second-order valence-corrected chi connectivity index (χ2v) is 6.07. The van der Waals surface area contributed by atoms with Gasteiger partial charge in [0.1, 0.15) is 0 Å². The van der Waals surface area contributed by atoms with Gasteiger partial charge in [0.25, 0.3) is 0 Å². The molecule has 0 aliphatic rings. The van der Waals surface area contributed by atoms with Crippen LogP contribution in [-0.2, 0) is 16.0 Å². The van der Waals surface area contributed by atoms with Gasteiger partial charge in [0.2, 0.25) is 0 Å². The van der Waals surface area contributed by atoms with Gasteiger partial charge in [-0.3, -0.25) is 4.99 Å². The maximum Gasteiger partial charge on any atom is 0.337 e. The minimum atomic E-state index is -0.328. The number of nitrogens with one attached hydrogen (secondary N) is 2. The third kappa shape index (κ3) is 8.84. The van der Waals surface area contributed by atoms with Crippen LogP contribution in [0, 0.1) is 5.92 Å². The Labute approximate surface area is 174 Å². The smallest absolute Gasteiger partial charge is 0.337 e. The van der Waals surface area contributed by atoms with Crippen LogP contribution in [-0.4, -0.2) is 45.3 Å². The summed E-state index contributed by atoms with van der Waals surface area (Å²) in [4.78, 5) is 15.7. The summed E-state index contributed by atoms with van der Waals surface area (Å²) >= 11 is 0. The van der Waals surface area contributed by atoms with Crippen molar-refractivity contribution in [1.29, 1.82) is 0 Å². The lowest BCUT2D eigenvalue weighted by Gasteiger charge is -2.21. The van der Waals surface area contributed by atoms with Gasteiger partial charge in [0.05, 0.1) is 18.8 Å². The third-order valence-electron chi connectivity index (χ3n) is 3.90. The topological polar surface area (TPSA) is 72.0 Å². The van der Waals surface area contributed by atoms with Crippen LogP contribution in [0.4, 0.5) is 0 Å². The predicted octanol–water partition coefficient (Wildman–Crippen LogP) is 3.21. The van der Waals surface area contributed by atoms with E-state index in [4.69, 9.17) is 9.47 Å². The summed E-state index contributed by atoms with van der Waals surface area (Å²) in [6, 6.07) is 7.32. The van der Waals surface area contributed by atoms with Gasteiger partial charge < -0.3 is 20.1 Å². The molecule has 0 saturated carbocycles. The largest absolute Gasteiger partial charge is 0.465 e. The first-order chi connectivity index (χ1) is 12.0. The summed E-state index contributed by atoms with van der Waals surface area (Å²) in [6.45, 7) is 8.52. The minimum absolute atomic E-state index is 0. The van der Waals surface area contributed by atoms with E-state index in [1.54, 1.807) is 19.2 Å². The third-order valence-corrected chi connectivity index (χ3v) is 3.90. The van der Waals surface area contributed by atoms with Crippen LogP contribution in [0.2, 0.25) is 0 Å². The van der Waals surface area contributed by atoms with Gasteiger partial charge in [-0.2, -0.15) is 0 Å². The number of aliphatic imine (C=N–C) groups is 1. The van der Waals surface area contributed by atoms with E-state index in [9.17, 15) is 4.79 Å². The second-order valence-electron chi connectivity index (χ2n) is 6.07. The molecular formula is C19H32IN3O3. The zero-order valence-corrected chi connectivity index (χ0v) is 18.7. The highest BCUT2D eigenvalue weighted by Crippen LogP contribution is 2.10. The van der Waals surface area contributed by atoms with E-state index in [-0.39, 0.29) is 36.0 Å². The van der Waals surface area contributed by atoms with Gasteiger partial charge in [-0.15, -0.1) is 24.0 Å². The lowest BCUT2D eigenvalue weighted by molar-refractivity contribution is 0.0258. The lowest BCUT2D eigenvalue weighted by Crippen LogP contribution is -2.38. The average molecular weight is 477 g/mol. The Kier molecular flexibility index (Phi) is 13.1. The SMILES string of the molecule is CCOC(CCNC(=NC)NCc1ccc(C(=O)OC)cc1)C(C)C.I. The van der Waals surface area contributed by atoms with Crippen molar-refractivity contribution in [3.8, 4) is 0 Å². The van der Waals surface area contributed by atoms with Gasteiger partial charge in [0, 0.05) is 26.7 Å². The molecule has 6 nitrogen and oxygen atoms in total. The molecule has 26 heavy (non-hydrogen) atoms. The van der Waals surface area contributed by atoms with E-state index in [0.29, 0.717) is 18.0 Å².